The largest absolute Gasteiger partial charge is 0.269 e. The summed E-state index contributed by atoms with van der Waals surface area (Å²) in [6, 6.07) is 7.44. The van der Waals surface area contributed by atoms with Gasteiger partial charge in [-0.25, -0.2) is 8.42 Å². The first-order valence-electron chi connectivity index (χ1n) is 4.30. The van der Waals surface area contributed by atoms with Crippen LogP contribution >= 0.6 is 0 Å². The molecule has 0 fully saturated rings. The van der Waals surface area contributed by atoms with Gasteiger partial charge in [-0.1, -0.05) is 18.2 Å². The summed E-state index contributed by atoms with van der Waals surface area (Å²) in [7, 11) is -1.69. The molecule has 0 aromatic heterocycles. The van der Waals surface area contributed by atoms with Crippen molar-refractivity contribution in [1.29, 1.82) is 0 Å². The lowest BCUT2D eigenvalue weighted by Gasteiger charge is -2.25. The van der Waals surface area contributed by atoms with Gasteiger partial charge < -0.3 is 0 Å². The number of fused-ring (bicyclic) bond motifs is 1. The second-order valence-corrected chi connectivity index (χ2v) is 5.43. The fourth-order valence-corrected chi connectivity index (χ4v) is 2.67. The van der Waals surface area contributed by atoms with E-state index in [-0.39, 0.29) is 0 Å². The van der Waals surface area contributed by atoms with Crippen LogP contribution < -0.4 is 4.31 Å². The van der Waals surface area contributed by atoms with Crippen LogP contribution in [0.15, 0.2) is 29.2 Å². The molecule has 1 aromatic carbocycles. The number of sulfonamides is 1. The Balaban J connectivity index is 2.74. The third-order valence-electron chi connectivity index (χ3n) is 2.40. The van der Waals surface area contributed by atoms with Crippen LogP contribution in [0.1, 0.15) is 12.5 Å². The molecule has 1 aromatic rings. The Labute approximate surface area is 83.7 Å². The highest BCUT2D eigenvalue weighted by Crippen LogP contribution is 2.31. The second kappa shape index (κ2) is 2.85. The van der Waals surface area contributed by atoms with E-state index < -0.39 is 10.0 Å². The molecule has 0 atom stereocenters. The zero-order valence-electron chi connectivity index (χ0n) is 8.06. The predicted octanol–water partition coefficient (Wildman–Crippen LogP) is 1.83. The third kappa shape index (κ3) is 1.14. The molecule has 74 valence electrons. The molecule has 1 aliphatic heterocycles. The topological polar surface area (TPSA) is 37.4 Å². The zero-order chi connectivity index (χ0) is 10.3. The maximum atomic E-state index is 11.7. The van der Waals surface area contributed by atoms with Crippen LogP contribution in [0.5, 0.6) is 0 Å². The van der Waals surface area contributed by atoms with Crippen LogP contribution in [-0.4, -0.2) is 15.5 Å². The van der Waals surface area contributed by atoms with Gasteiger partial charge in [0.05, 0.1) is 10.6 Å². The Morgan fingerprint density at radius 2 is 1.86 bits per heavy atom. The summed E-state index contributed by atoms with van der Waals surface area (Å²) in [5, 5.41) is 0. The summed E-state index contributed by atoms with van der Waals surface area (Å²) in [6.45, 7) is 1.61. The van der Waals surface area contributed by atoms with E-state index in [4.69, 9.17) is 0 Å². The first kappa shape index (κ1) is 9.27. The summed E-state index contributed by atoms with van der Waals surface area (Å²) < 4.78 is 24.8. The highest BCUT2D eigenvalue weighted by molar-refractivity contribution is 7.96. The molecule has 0 N–H and O–H groups in total. The number of nitrogens with zero attached hydrogens (tertiary/aromatic N) is 1. The minimum Gasteiger partial charge on any atom is -0.269 e. The molecular weight excluding hydrogens is 198 g/mol. The quantitative estimate of drug-likeness (QED) is 0.653. The molecule has 0 unspecified atom stereocenters. The number of rotatable bonds is 0. The Kier molecular flexibility index (Phi) is 1.89. The van der Waals surface area contributed by atoms with Crippen molar-refractivity contribution >= 4 is 21.8 Å². The van der Waals surface area contributed by atoms with E-state index in [1.54, 1.807) is 26.1 Å². The van der Waals surface area contributed by atoms with Gasteiger partial charge in [0.25, 0.3) is 10.0 Å². The van der Waals surface area contributed by atoms with Gasteiger partial charge in [-0.3, -0.25) is 4.31 Å². The van der Waals surface area contributed by atoms with Gasteiger partial charge in [-0.15, -0.1) is 0 Å². The van der Waals surface area contributed by atoms with Crippen molar-refractivity contribution in [1.82, 2.24) is 0 Å². The molecule has 0 saturated carbocycles. The van der Waals surface area contributed by atoms with E-state index in [0.29, 0.717) is 4.91 Å². The lowest BCUT2D eigenvalue weighted by molar-refractivity contribution is 0.600. The maximum Gasteiger partial charge on any atom is 0.259 e. The van der Waals surface area contributed by atoms with Gasteiger partial charge in [-0.2, -0.15) is 0 Å². The summed E-state index contributed by atoms with van der Waals surface area (Å²) in [5.41, 5.74) is 1.68. The zero-order valence-corrected chi connectivity index (χ0v) is 8.88. The number of benzene rings is 1. The first-order chi connectivity index (χ1) is 6.53. The van der Waals surface area contributed by atoms with Crippen molar-refractivity contribution in [3.05, 3.63) is 34.7 Å². The third-order valence-corrected chi connectivity index (χ3v) is 4.25. The lowest BCUT2D eigenvalue weighted by atomic mass is 10.1. The highest BCUT2D eigenvalue weighted by atomic mass is 32.2. The molecule has 0 bridgehead atoms. The van der Waals surface area contributed by atoms with E-state index in [2.05, 4.69) is 0 Å². The van der Waals surface area contributed by atoms with E-state index in [9.17, 15) is 8.42 Å². The summed E-state index contributed by atoms with van der Waals surface area (Å²) in [6.07, 6.45) is 1.70. The molecular formula is C10H11NO2S. The summed E-state index contributed by atoms with van der Waals surface area (Å²) in [5.74, 6) is 0. The number of anilines is 1. The van der Waals surface area contributed by atoms with Crippen molar-refractivity contribution in [3.63, 3.8) is 0 Å². The molecule has 1 heterocycles. The average Bonchev–Trinajstić information content (AvgIpc) is 2.15. The molecule has 0 saturated heterocycles. The second-order valence-electron chi connectivity index (χ2n) is 3.29. The minimum atomic E-state index is -3.26. The van der Waals surface area contributed by atoms with Crippen LogP contribution in [0.25, 0.3) is 6.08 Å². The molecule has 1 aliphatic rings. The number of hydrogen-bond donors (Lipinski definition) is 0. The van der Waals surface area contributed by atoms with Crippen LogP contribution in [0.2, 0.25) is 0 Å². The Hall–Kier alpha value is -1.29. The number of para-hydroxylation sites is 1. The molecule has 0 spiro atoms. The smallest absolute Gasteiger partial charge is 0.259 e. The van der Waals surface area contributed by atoms with Crippen LogP contribution in [0, 0.1) is 0 Å². The van der Waals surface area contributed by atoms with Gasteiger partial charge >= 0.3 is 0 Å². The van der Waals surface area contributed by atoms with Crippen molar-refractivity contribution in [2.45, 2.75) is 6.92 Å². The monoisotopic (exact) mass is 209 g/mol. The molecule has 14 heavy (non-hydrogen) atoms. The average molecular weight is 209 g/mol. The minimum absolute atomic E-state index is 0.388. The Morgan fingerprint density at radius 1 is 1.21 bits per heavy atom. The molecule has 3 nitrogen and oxygen atoms in total. The summed E-state index contributed by atoms with van der Waals surface area (Å²) >= 11 is 0. The lowest BCUT2D eigenvalue weighted by Crippen LogP contribution is -2.29. The van der Waals surface area contributed by atoms with E-state index in [0.717, 1.165) is 11.3 Å². The van der Waals surface area contributed by atoms with Gasteiger partial charge in [-0.05, 0) is 24.6 Å². The van der Waals surface area contributed by atoms with Gasteiger partial charge in [0, 0.05) is 7.05 Å². The standard InChI is InChI=1S/C10H11NO2S/c1-8-7-9-5-3-4-6-10(9)11(2)14(8,12)13/h3-7H,1-2H3. The van der Waals surface area contributed by atoms with Crippen LogP contribution in [0.3, 0.4) is 0 Å². The molecule has 2 rings (SSSR count). The maximum absolute atomic E-state index is 11.7. The van der Waals surface area contributed by atoms with Crippen molar-refractivity contribution in [2.75, 3.05) is 11.4 Å². The SMILES string of the molecule is CC1=Cc2ccccc2N(C)S1(=O)=O. The molecule has 0 amide bonds. The first-order valence-corrected chi connectivity index (χ1v) is 5.74. The molecule has 0 radical (unpaired) electrons. The summed E-state index contributed by atoms with van der Waals surface area (Å²) in [4.78, 5) is 0.388. The van der Waals surface area contributed by atoms with Crippen LogP contribution in [0.4, 0.5) is 5.69 Å². The fraction of sp³-hybridized carbons (Fsp3) is 0.200. The normalized spacial score (nSPS) is 18.7. The van der Waals surface area contributed by atoms with E-state index >= 15 is 0 Å². The fourth-order valence-electron chi connectivity index (χ4n) is 1.54. The molecule has 4 heteroatoms. The van der Waals surface area contributed by atoms with Crippen molar-refractivity contribution < 1.29 is 8.42 Å². The van der Waals surface area contributed by atoms with Gasteiger partial charge in [0.1, 0.15) is 0 Å². The van der Waals surface area contributed by atoms with Crippen LogP contribution in [-0.2, 0) is 10.0 Å². The number of hydrogen-bond acceptors (Lipinski definition) is 2. The predicted molar refractivity (Wildman–Crippen MR) is 57.4 cm³/mol. The van der Waals surface area contributed by atoms with Crippen molar-refractivity contribution in [3.8, 4) is 0 Å². The molecule has 0 aliphatic carbocycles. The van der Waals surface area contributed by atoms with Crippen molar-refractivity contribution in [2.24, 2.45) is 0 Å². The Bertz CT molecular complexity index is 503. The van der Waals surface area contributed by atoms with E-state index in [1.807, 2.05) is 18.2 Å². The van der Waals surface area contributed by atoms with E-state index in [1.165, 1.54) is 4.31 Å². The Morgan fingerprint density at radius 3 is 2.57 bits per heavy atom. The van der Waals surface area contributed by atoms with Gasteiger partial charge in [0.2, 0.25) is 0 Å². The van der Waals surface area contributed by atoms with Gasteiger partial charge in [0.15, 0.2) is 0 Å². The number of allylic oxidation sites excluding steroid dienone is 1. The highest BCUT2D eigenvalue weighted by Gasteiger charge is 2.26.